The Labute approximate surface area is 226 Å². The predicted molar refractivity (Wildman–Crippen MR) is 147 cm³/mol. The first-order valence-corrected chi connectivity index (χ1v) is 13.4. The summed E-state index contributed by atoms with van der Waals surface area (Å²) in [6.45, 7) is 3.62. The zero-order valence-electron chi connectivity index (χ0n) is 21.8. The number of piperazine rings is 1. The molecule has 9 nitrogen and oxygen atoms in total. The molecular weight excluding hydrogens is 502 g/mol. The van der Waals surface area contributed by atoms with Gasteiger partial charge >= 0.3 is 0 Å². The maximum Gasteiger partial charge on any atom is 0.253 e. The van der Waals surface area contributed by atoms with Crippen molar-refractivity contribution in [3.8, 4) is 17.2 Å². The number of hydrogen-bond donors (Lipinski definition) is 1. The van der Waals surface area contributed by atoms with Gasteiger partial charge in [0.25, 0.3) is 5.91 Å². The lowest BCUT2D eigenvalue weighted by molar-refractivity contribution is 0.0627. The van der Waals surface area contributed by atoms with Gasteiger partial charge in [-0.3, -0.25) is 14.7 Å². The molecule has 1 amide bonds. The number of aromatic nitrogens is 3. The molecule has 0 saturated carbocycles. The first-order chi connectivity index (χ1) is 18.6. The molecule has 3 heterocycles. The van der Waals surface area contributed by atoms with E-state index in [1.165, 1.54) is 0 Å². The Morgan fingerprint density at radius 3 is 2.39 bits per heavy atom. The summed E-state index contributed by atoms with van der Waals surface area (Å²) in [6, 6.07) is 13.7. The molecule has 4 aromatic rings. The first-order valence-electron chi connectivity index (χ1n) is 12.4. The summed E-state index contributed by atoms with van der Waals surface area (Å²) in [4.78, 5) is 29.4. The number of benzene rings is 2. The number of hydrogen-bond acceptors (Lipinski definition) is 8. The van der Waals surface area contributed by atoms with Crippen LogP contribution in [0.5, 0.6) is 17.2 Å². The number of imidazole rings is 1. The number of carbonyl (C=O) groups excluding carboxylic acids is 1. The molecule has 10 heteroatoms. The molecule has 1 aliphatic heterocycles. The van der Waals surface area contributed by atoms with E-state index in [1.807, 2.05) is 47.4 Å². The molecule has 1 saturated heterocycles. The van der Waals surface area contributed by atoms with Crippen LogP contribution in [0.2, 0.25) is 0 Å². The van der Waals surface area contributed by atoms with E-state index < -0.39 is 0 Å². The highest BCUT2D eigenvalue weighted by atomic mass is 32.2. The maximum absolute atomic E-state index is 13.1. The van der Waals surface area contributed by atoms with E-state index in [0.717, 1.165) is 46.2 Å². The Kier molecular flexibility index (Phi) is 8.00. The molecule has 1 N–H and O–H groups in total. The van der Waals surface area contributed by atoms with Crippen molar-refractivity contribution in [2.24, 2.45) is 0 Å². The van der Waals surface area contributed by atoms with Crippen LogP contribution in [-0.4, -0.2) is 78.2 Å². The summed E-state index contributed by atoms with van der Waals surface area (Å²) in [5.41, 5.74) is 4.71. The molecule has 5 rings (SSSR count). The molecule has 198 valence electrons. The van der Waals surface area contributed by atoms with Crippen molar-refractivity contribution in [2.45, 2.75) is 17.5 Å². The van der Waals surface area contributed by atoms with Crippen LogP contribution < -0.4 is 14.2 Å². The van der Waals surface area contributed by atoms with Gasteiger partial charge in [-0.05, 0) is 29.8 Å². The lowest BCUT2D eigenvalue weighted by Gasteiger charge is -2.35. The Balaban J connectivity index is 1.14. The number of nitrogens with zero attached hydrogens (tertiary/aromatic N) is 4. The fourth-order valence-electron chi connectivity index (χ4n) is 4.62. The zero-order chi connectivity index (χ0) is 26.5. The third kappa shape index (κ3) is 5.56. The summed E-state index contributed by atoms with van der Waals surface area (Å²) in [5, 5.41) is 0.858. The van der Waals surface area contributed by atoms with Crippen LogP contribution in [0.3, 0.4) is 0 Å². The Hall–Kier alpha value is -3.76. The van der Waals surface area contributed by atoms with Crippen LogP contribution in [0.4, 0.5) is 0 Å². The van der Waals surface area contributed by atoms with Crippen molar-refractivity contribution in [1.29, 1.82) is 0 Å². The van der Waals surface area contributed by atoms with Crippen molar-refractivity contribution in [1.82, 2.24) is 24.8 Å². The van der Waals surface area contributed by atoms with Gasteiger partial charge in [0.2, 0.25) is 5.75 Å². The van der Waals surface area contributed by atoms with Crippen molar-refractivity contribution >= 4 is 28.7 Å². The number of rotatable bonds is 9. The van der Waals surface area contributed by atoms with Crippen LogP contribution in [0.1, 0.15) is 21.5 Å². The number of thioether (sulfide) groups is 1. The number of pyridine rings is 1. The Morgan fingerprint density at radius 2 is 1.71 bits per heavy atom. The summed E-state index contributed by atoms with van der Waals surface area (Å²) in [5.74, 6) is 2.75. The lowest BCUT2D eigenvalue weighted by atomic mass is 10.1. The smallest absolute Gasteiger partial charge is 0.253 e. The molecule has 0 unspecified atom stereocenters. The normalized spacial score (nSPS) is 14.0. The Bertz CT molecular complexity index is 1370. The third-order valence-corrected chi connectivity index (χ3v) is 7.62. The number of ether oxygens (including phenoxy) is 3. The highest BCUT2D eigenvalue weighted by molar-refractivity contribution is 7.98. The van der Waals surface area contributed by atoms with Gasteiger partial charge in [0.05, 0.1) is 38.6 Å². The standard InChI is InChI=1S/C28H31N5O4S/c1-35-24-9-8-21(25(36-2)26(24)37-3)17-32-12-14-33(15-13-32)27(34)20-6-4-19(5-7-20)18-38-28-30-22-10-11-29-16-23(22)31-28/h4-11,16H,12-15,17-18H2,1-3H3,(H,30,31). The minimum atomic E-state index is 0.0670. The number of H-pyrrole nitrogens is 1. The molecule has 2 aromatic heterocycles. The molecule has 0 spiro atoms. The van der Waals surface area contributed by atoms with Crippen LogP contribution in [0, 0.1) is 0 Å². The second-order valence-electron chi connectivity index (χ2n) is 8.98. The molecule has 0 atom stereocenters. The number of methoxy groups -OCH3 is 3. The summed E-state index contributed by atoms with van der Waals surface area (Å²) in [6.07, 6.45) is 3.52. The Morgan fingerprint density at radius 1 is 0.947 bits per heavy atom. The number of nitrogens with one attached hydrogen (secondary N) is 1. The van der Waals surface area contributed by atoms with E-state index in [9.17, 15) is 4.79 Å². The third-order valence-electron chi connectivity index (χ3n) is 6.68. The molecule has 2 aromatic carbocycles. The highest BCUT2D eigenvalue weighted by Gasteiger charge is 2.24. The fraction of sp³-hybridized carbons (Fsp3) is 0.321. The van der Waals surface area contributed by atoms with Crippen molar-refractivity contribution in [2.75, 3.05) is 47.5 Å². The monoisotopic (exact) mass is 533 g/mol. The van der Waals surface area contributed by atoms with Gasteiger partial charge < -0.3 is 24.1 Å². The highest BCUT2D eigenvalue weighted by Crippen LogP contribution is 2.40. The molecule has 0 radical (unpaired) electrons. The van der Waals surface area contributed by atoms with Crippen molar-refractivity contribution < 1.29 is 19.0 Å². The van der Waals surface area contributed by atoms with Gasteiger partial charge in [-0.25, -0.2) is 4.98 Å². The summed E-state index contributed by atoms with van der Waals surface area (Å²) >= 11 is 1.63. The molecular formula is C28H31N5O4S. The molecule has 0 aliphatic carbocycles. The zero-order valence-corrected chi connectivity index (χ0v) is 22.6. The van der Waals surface area contributed by atoms with Gasteiger partial charge in [-0.1, -0.05) is 30.0 Å². The topological polar surface area (TPSA) is 92.8 Å². The van der Waals surface area contributed by atoms with Crippen LogP contribution >= 0.6 is 11.8 Å². The average molecular weight is 534 g/mol. The van der Waals surface area contributed by atoms with Crippen molar-refractivity contribution in [3.05, 3.63) is 71.5 Å². The maximum atomic E-state index is 13.1. The number of amides is 1. The van der Waals surface area contributed by atoms with E-state index in [-0.39, 0.29) is 5.91 Å². The van der Waals surface area contributed by atoms with Gasteiger partial charge in [0.15, 0.2) is 16.7 Å². The van der Waals surface area contributed by atoms with Crippen LogP contribution in [0.15, 0.2) is 60.0 Å². The van der Waals surface area contributed by atoms with Gasteiger partial charge in [-0.15, -0.1) is 0 Å². The largest absolute Gasteiger partial charge is 0.493 e. The van der Waals surface area contributed by atoms with Crippen LogP contribution in [-0.2, 0) is 12.3 Å². The first kappa shape index (κ1) is 25.9. The average Bonchev–Trinajstić information content (AvgIpc) is 3.39. The quantitative estimate of drug-likeness (QED) is 0.320. The van der Waals surface area contributed by atoms with Gasteiger partial charge in [-0.2, -0.15) is 0 Å². The molecule has 1 aliphatic rings. The number of aromatic amines is 1. The minimum absolute atomic E-state index is 0.0670. The van der Waals surface area contributed by atoms with Gasteiger partial charge in [0, 0.05) is 55.8 Å². The SMILES string of the molecule is COc1ccc(CN2CCN(C(=O)c3ccc(CSc4nc5ccncc5[nH]4)cc3)CC2)c(OC)c1OC. The summed E-state index contributed by atoms with van der Waals surface area (Å²) in [7, 11) is 4.86. The van der Waals surface area contributed by atoms with Crippen molar-refractivity contribution in [3.63, 3.8) is 0 Å². The summed E-state index contributed by atoms with van der Waals surface area (Å²) < 4.78 is 16.5. The van der Waals surface area contributed by atoms with E-state index in [2.05, 4.69) is 19.9 Å². The second kappa shape index (κ2) is 11.7. The second-order valence-corrected chi connectivity index (χ2v) is 9.95. The fourth-order valence-corrected chi connectivity index (χ4v) is 5.46. The van der Waals surface area contributed by atoms with E-state index in [0.29, 0.717) is 42.4 Å². The van der Waals surface area contributed by atoms with E-state index in [1.54, 1.807) is 45.5 Å². The van der Waals surface area contributed by atoms with E-state index >= 15 is 0 Å². The number of fused-ring (bicyclic) bond motifs is 1. The number of carbonyl (C=O) groups is 1. The minimum Gasteiger partial charge on any atom is -0.493 e. The molecule has 0 bridgehead atoms. The van der Waals surface area contributed by atoms with E-state index in [4.69, 9.17) is 14.2 Å². The predicted octanol–water partition coefficient (Wildman–Crippen LogP) is 4.23. The molecule has 38 heavy (non-hydrogen) atoms. The van der Waals surface area contributed by atoms with Crippen LogP contribution in [0.25, 0.3) is 11.0 Å². The molecule has 1 fully saturated rings. The van der Waals surface area contributed by atoms with Gasteiger partial charge in [0.1, 0.15) is 0 Å². The lowest BCUT2D eigenvalue weighted by Crippen LogP contribution is -2.48.